The molecule has 1 saturated heterocycles. The number of aliphatic hydroxyl groups excluding tert-OH is 1. The Morgan fingerprint density at radius 1 is 1.22 bits per heavy atom. The zero-order valence-corrected chi connectivity index (χ0v) is 10.4. The second kappa shape index (κ2) is 4.88. The maximum Gasteiger partial charge on any atom is 0.184 e. The SMILES string of the molecule is COc1ccc(C2OCC3CCC(O)C3O2)cc1. The highest BCUT2D eigenvalue weighted by atomic mass is 16.7. The molecule has 1 aromatic rings. The molecule has 0 radical (unpaired) electrons. The lowest BCUT2D eigenvalue weighted by molar-refractivity contribution is -0.248. The van der Waals surface area contributed by atoms with E-state index in [1.165, 1.54) is 0 Å². The summed E-state index contributed by atoms with van der Waals surface area (Å²) >= 11 is 0. The third-order valence-electron chi connectivity index (χ3n) is 3.81. The van der Waals surface area contributed by atoms with Gasteiger partial charge in [0.2, 0.25) is 0 Å². The molecule has 4 unspecified atom stereocenters. The Balaban J connectivity index is 1.72. The standard InChI is InChI=1S/C14H18O4/c1-16-11-5-2-9(3-6-11)14-17-8-10-4-7-12(15)13(10)18-14/h2-3,5-6,10,12-15H,4,7-8H2,1H3. The zero-order chi connectivity index (χ0) is 12.5. The van der Waals surface area contributed by atoms with Gasteiger partial charge in [-0.1, -0.05) is 12.1 Å². The van der Waals surface area contributed by atoms with Crippen molar-refractivity contribution in [2.24, 2.45) is 5.92 Å². The molecule has 0 aromatic heterocycles. The van der Waals surface area contributed by atoms with Crippen LogP contribution in [-0.2, 0) is 9.47 Å². The summed E-state index contributed by atoms with van der Waals surface area (Å²) in [6.07, 6.45) is 1.00. The second-order valence-corrected chi connectivity index (χ2v) is 4.94. The Morgan fingerprint density at radius 2 is 2.00 bits per heavy atom. The number of ether oxygens (including phenoxy) is 3. The van der Waals surface area contributed by atoms with Crippen LogP contribution in [0.2, 0.25) is 0 Å². The quantitative estimate of drug-likeness (QED) is 0.870. The summed E-state index contributed by atoms with van der Waals surface area (Å²) in [7, 11) is 1.64. The third kappa shape index (κ3) is 2.11. The van der Waals surface area contributed by atoms with Crippen LogP contribution in [0.4, 0.5) is 0 Å². The van der Waals surface area contributed by atoms with Gasteiger partial charge in [0.1, 0.15) is 5.75 Å². The molecular formula is C14H18O4. The Labute approximate surface area is 106 Å². The minimum Gasteiger partial charge on any atom is -0.497 e. The summed E-state index contributed by atoms with van der Waals surface area (Å²) in [5.74, 6) is 1.16. The minimum absolute atomic E-state index is 0.0779. The van der Waals surface area contributed by atoms with Crippen molar-refractivity contribution in [1.29, 1.82) is 0 Å². The molecule has 1 aliphatic carbocycles. The van der Waals surface area contributed by atoms with Crippen LogP contribution < -0.4 is 4.74 Å². The largest absolute Gasteiger partial charge is 0.497 e. The van der Waals surface area contributed by atoms with Gasteiger partial charge in [-0.2, -0.15) is 0 Å². The molecular weight excluding hydrogens is 232 g/mol. The Morgan fingerprint density at radius 3 is 2.72 bits per heavy atom. The lowest BCUT2D eigenvalue weighted by Crippen LogP contribution is -2.38. The summed E-state index contributed by atoms with van der Waals surface area (Å²) in [4.78, 5) is 0. The van der Waals surface area contributed by atoms with E-state index in [2.05, 4.69) is 0 Å². The van der Waals surface area contributed by atoms with Crippen molar-refractivity contribution in [2.75, 3.05) is 13.7 Å². The number of fused-ring (bicyclic) bond motifs is 1. The van der Waals surface area contributed by atoms with Crippen molar-refractivity contribution in [3.63, 3.8) is 0 Å². The van der Waals surface area contributed by atoms with Gasteiger partial charge in [-0.3, -0.25) is 0 Å². The first kappa shape index (κ1) is 12.0. The van der Waals surface area contributed by atoms with E-state index in [4.69, 9.17) is 14.2 Å². The highest BCUT2D eigenvalue weighted by Crippen LogP contribution is 2.38. The third-order valence-corrected chi connectivity index (χ3v) is 3.81. The average molecular weight is 250 g/mol. The van der Waals surface area contributed by atoms with Gasteiger partial charge in [-0.15, -0.1) is 0 Å². The molecule has 4 nitrogen and oxygen atoms in total. The fraction of sp³-hybridized carbons (Fsp3) is 0.571. The lowest BCUT2D eigenvalue weighted by Gasteiger charge is -2.34. The van der Waals surface area contributed by atoms with Crippen LogP contribution in [0.15, 0.2) is 24.3 Å². The van der Waals surface area contributed by atoms with Crippen LogP contribution in [0.1, 0.15) is 24.7 Å². The van der Waals surface area contributed by atoms with Crippen LogP contribution in [-0.4, -0.2) is 31.0 Å². The molecule has 1 N–H and O–H groups in total. The van der Waals surface area contributed by atoms with E-state index in [0.29, 0.717) is 12.5 Å². The Bertz CT molecular complexity index is 403. The molecule has 1 heterocycles. The van der Waals surface area contributed by atoms with Gasteiger partial charge in [-0.05, 0) is 25.0 Å². The zero-order valence-electron chi connectivity index (χ0n) is 10.4. The van der Waals surface area contributed by atoms with Gasteiger partial charge in [0, 0.05) is 11.5 Å². The van der Waals surface area contributed by atoms with Crippen molar-refractivity contribution in [3.8, 4) is 5.75 Å². The average Bonchev–Trinajstić information content (AvgIpc) is 2.80. The fourth-order valence-electron chi connectivity index (χ4n) is 2.74. The van der Waals surface area contributed by atoms with Crippen LogP contribution in [0.25, 0.3) is 0 Å². The molecule has 4 heteroatoms. The highest BCUT2D eigenvalue weighted by Gasteiger charge is 2.41. The number of benzene rings is 1. The summed E-state index contributed by atoms with van der Waals surface area (Å²) in [5.41, 5.74) is 0.966. The van der Waals surface area contributed by atoms with E-state index in [-0.39, 0.29) is 18.5 Å². The molecule has 2 aliphatic rings. The Hall–Kier alpha value is -1.10. The maximum atomic E-state index is 9.87. The summed E-state index contributed by atoms with van der Waals surface area (Å²) in [5, 5.41) is 9.87. The molecule has 18 heavy (non-hydrogen) atoms. The molecule has 0 bridgehead atoms. The first-order chi connectivity index (χ1) is 8.78. The lowest BCUT2D eigenvalue weighted by atomic mass is 10.0. The highest BCUT2D eigenvalue weighted by molar-refractivity contribution is 5.28. The second-order valence-electron chi connectivity index (χ2n) is 4.94. The van der Waals surface area contributed by atoms with Gasteiger partial charge in [-0.25, -0.2) is 0 Å². The summed E-state index contributed by atoms with van der Waals surface area (Å²) < 4.78 is 16.7. The van der Waals surface area contributed by atoms with Crippen molar-refractivity contribution < 1.29 is 19.3 Å². The molecule has 3 rings (SSSR count). The van der Waals surface area contributed by atoms with E-state index in [1.807, 2.05) is 24.3 Å². The van der Waals surface area contributed by atoms with Gasteiger partial charge < -0.3 is 19.3 Å². The molecule has 1 aliphatic heterocycles. The van der Waals surface area contributed by atoms with E-state index >= 15 is 0 Å². The van der Waals surface area contributed by atoms with Gasteiger partial charge in [0.25, 0.3) is 0 Å². The topological polar surface area (TPSA) is 47.9 Å². The number of hydrogen-bond acceptors (Lipinski definition) is 4. The number of rotatable bonds is 2. The summed E-state index contributed by atoms with van der Waals surface area (Å²) in [6.45, 7) is 0.665. The van der Waals surface area contributed by atoms with Crippen LogP contribution in [0.3, 0.4) is 0 Å². The van der Waals surface area contributed by atoms with Crippen LogP contribution in [0, 0.1) is 5.92 Å². The van der Waals surface area contributed by atoms with Gasteiger partial charge in [0.15, 0.2) is 6.29 Å². The normalized spacial score (nSPS) is 35.2. The predicted octanol–water partition coefficient (Wildman–Crippen LogP) is 1.88. The first-order valence-electron chi connectivity index (χ1n) is 6.37. The minimum atomic E-state index is -0.370. The molecule has 98 valence electrons. The van der Waals surface area contributed by atoms with E-state index in [0.717, 1.165) is 24.2 Å². The van der Waals surface area contributed by atoms with Crippen molar-refractivity contribution in [2.45, 2.75) is 31.3 Å². The molecule has 2 fully saturated rings. The fourth-order valence-corrected chi connectivity index (χ4v) is 2.74. The van der Waals surface area contributed by atoms with Crippen molar-refractivity contribution >= 4 is 0 Å². The van der Waals surface area contributed by atoms with Crippen molar-refractivity contribution in [1.82, 2.24) is 0 Å². The van der Waals surface area contributed by atoms with Gasteiger partial charge >= 0.3 is 0 Å². The first-order valence-corrected chi connectivity index (χ1v) is 6.37. The number of aliphatic hydroxyl groups is 1. The van der Waals surface area contributed by atoms with E-state index < -0.39 is 0 Å². The smallest absolute Gasteiger partial charge is 0.184 e. The molecule has 4 atom stereocenters. The van der Waals surface area contributed by atoms with E-state index in [1.54, 1.807) is 7.11 Å². The number of hydrogen-bond donors (Lipinski definition) is 1. The number of methoxy groups -OCH3 is 1. The summed E-state index contributed by atoms with van der Waals surface area (Å²) in [6, 6.07) is 7.65. The Kier molecular flexibility index (Phi) is 3.24. The predicted molar refractivity (Wildman–Crippen MR) is 65.3 cm³/mol. The molecule has 0 amide bonds. The monoisotopic (exact) mass is 250 g/mol. The van der Waals surface area contributed by atoms with E-state index in [9.17, 15) is 5.11 Å². The molecule has 1 saturated carbocycles. The maximum absolute atomic E-state index is 9.87. The molecule has 1 aromatic carbocycles. The van der Waals surface area contributed by atoms with Crippen LogP contribution in [0.5, 0.6) is 5.75 Å². The van der Waals surface area contributed by atoms with Gasteiger partial charge in [0.05, 0.1) is 25.9 Å². The van der Waals surface area contributed by atoms with Crippen LogP contribution >= 0.6 is 0 Å². The molecule has 0 spiro atoms. The van der Waals surface area contributed by atoms with Crippen molar-refractivity contribution in [3.05, 3.63) is 29.8 Å².